The molecule has 0 bridgehead atoms. The van der Waals surface area contributed by atoms with Crippen LogP contribution in [-0.2, 0) is 14.8 Å². The van der Waals surface area contributed by atoms with Crippen LogP contribution in [0.15, 0.2) is 12.1 Å². The van der Waals surface area contributed by atoms with Gasteiger partial charge in [-0.15, -0.1) is 0 Å². The molecule has 1 aromatic carbocycles. The first kappa shape index (κ1) is 13.3. The zero-order chi connectivity index (χ0) is 13.6. The molecule has 1 atom stereocenters. The summed E-state index contributed by atoms with van der Waals surface area (Å²) in [6.45, 7) is -0.0622. The van der Waals surface area contributed by atoms with E-state index in [4.69, 9.17) is 16.3 Å². The van der Waals surface area contributed by atoms with E-state index >= 15 is 0 Å². The van der Waals surface area contributed by atoms with Gasteiger partial charge in [0.2, 0.25) is 5.00 Å². The minimum absolute atomic E-state index is 0.0339. The van der Waals surface area contributed by atoms with E-state index in [0.29, 0.717) is 6.29 Å². The smallest absolute Gasteiger partial charge is 0.242 e. The Labute approximate surface area is 109 Å². The van der Waals surface area contributed by atoms with Gasteiger partial charge in [-0.05, 0) is 12.1 Å². The monoisotopic (exact) mass is 292 g/mol. The van der Waals surface area contributed by atoms with E-state index in [1.54, 1.807) is 0 Å². The molecule has 1 unspecified atom stereocenters. The lowest BCUT2D eigenvalue weighted by Crippen LogP contribution is -2.36. The van der Waals surface area contributed by atoms with E-state index in [0.717, 1.165) is 12.3 Å². The summed E-state index contributed by atoms with van der Waals surface area (Å²) < 4.78 is 43.1. The molecule has 2 rings (SSSR count). The summed E-state index contributed by atoms with van der Waals surface area (Å²) >= 11 is 5.79. The van der Waals surface area contributed by atoms with E-state index in [1.807, 2.05) is 0 Å². The number of carbonyl (C=O) groups excluding carboxylic acids is 1. The number of aldehydes is 1. The van der Waals surface area contributed by atoms with Crippen molar-refractivity contribution in [3.05, 3.63) is 28.3 Å². The fourth-order valence-corrected chi connectivity index (χ4v) is 3.10. The Morgan fingerprint density at radius 2 is 2.17 bits per heavy atom. The molecule has 0 fully saturated rings. The molecule has 18 heavy (non-hydrogen) atoms. The highest BCUT2D eigenvalue weighted by molar-refractivity contribution is 7.91. The molecule has 0 spiro atoms. The predicted octanol–water partition coefficient (Wildman–Crippen LogP) is 2.10. The summed E-state index contributed by atoms with van der Waals surface area (Å²) in [6.07, 6.45) is 0.954. The van der Waals surface area contributed by atoms with E-state index < -0.39 is 14.8 Å². The van der Waals surface area contributed by atoms with Crippen LogP contribution in [0.25, 0.3) is 0 Å². The first-order valence-corrected chi connectivity index (χ1v) is 7.37. The van der Waals surface area contributed by atoms with Crippen LogP contribution in [0.2, 0.25) is 5.02 Å². The Morgan fingerprint density at radius 1 is 1.50 bits per heavy atom. The molecule has 4 nitrogen and oxygen atoms in total. The number of benzene rings is 1. The Bertz CT molecular complexity index is 614. The zero-order valence-corrected chi connectivity index (χ0v) is 11.0. The van der Waals surface area contributed by atoms with E-state index in [-0.39, 0.29) is 34.9 Å². The number of alkyl halides is 1. The molecule has 0 saturated heterocycles. The van der Waals surface area contributed by atoms with Crippen molar-refractivity contribution in [3.8, 4) is 5.75 Å². The van der Waals surface area contributed by atoms with Crippen molar-refractivity contribution < 1.29 is 22.3 Å². The number of carbonyl (C=O) groups is 1. The second-order valence-electron chi connectivity index (χ2n) is 4.09. The first-order valence-electron chi connectivity index (χ1n) is 5.10. The minimum atomic E-state index is -3.98. The fourth-order valence-electron chi connectivity index (χ4n) is 1.89. The van der Waals surface area contributed by atoms with Gasteiger partial charge >= 0.3 is 0 Å². The summed E-state index contributed by atoms with van der Waals surface area (Å²) in [7, 11) is -3.98. The molecule has 1 heterocycles. The van der Waals surface area contributed by atoms with Gasteiger partial charge in [-0.3, -0.25) is 4.79 Å². The molecule has 7 heteroatoms. The van der Waals surface area contributed by atoms with Gasteiger partial charge in [0.1, 0.15) is 5.75 Å². The number of hydrogen-bond donors (Lipinski definition) is 0. The summed E-state index contributed by atoms with van der Waals surface area (Å²) in [5.41, 5.74) is -0.130. The van der Waals surface area contributed by atoms with Crippen molar-refractivity contribution in [1.82, 2.24) is 0 Å². The average Bonchev–Trinajstić information content (AvgIpc) is 2.27. The molecular weight excluding hydrogens is 283 g/mol. The van der Waals surface area contributed by atoms with Gasteiger partial charge in [0.25, 0.3) is 0 Å². The number of hydrogen-bond acceptors (Lipinski definition) is 4. The van der Waals surface area contributed by atoms with E-state index in [9.17, 15) is 17.6 Å². The lowest BCUT2D eigenvalue weighted by Gasteiger charge is -2.30. The Morgan fingerprint density at radius 3 is 2.72 bits per heavy atom. The average molecular weight is 293 g/mol. The van der Waals surface area contributed by atoms with Crippen molar-refractivity contribution in [2.45, 2.75) is 11.4 Å². The molecule has 1 aliphatic heterocycles. The maximum absolute atomic E-state index is 14.7. The van der Waals surface area contributed by atoms with Gasteiger partial charge in [-0.25, -0.2) is 12.8 Å². The summed E-state index contributed by atoms with van der Waals surface area (Å²) in [5.74, 6) is 0.0600. The van der Waals surface area contributed by atoms with Crippen molar-refractivity contribution in [1.29, 1.82) is 0 Å². The van der Waals surface area contributed by atoms with Crippen LogP contribution in [-0.4, -0.2) is 27.6 Å². The quantitative estimate of drug-likeness (QED) is 0.783. The van der Waals surface area contributed by atoms with Crippen LogP contribution in [0.1, 0.15) is 22.3 Å². The summed E-state index contributed by atoms with van der Waals surface area (Å²) in [4.78, 5) is 10.8. The zero-order valence-electron chi connectivity index (χ0n) is 9.44. The topological polar surface area (TPSA) is 60.4 Å². The van der Waals surface area contributed by atoms with E-state index in [2.05, 4.69) is 0 Å². The van der Waals surface area contributed by atoms with Crippen molar-refractivity contribution in [2.75, 3.05) is 12.9 Å². The van der Waals surface area contributed by atoms with Gasteiger partial charge in [0, 0.05) is 23.8 Å². The molecule has 98 valence electrons. The summed E-state index contributed by atoms with van der Waals surface area (Å²) in [5, 5.41) is -2.44. The second kappa shape index (κ2) is 4.20. The van der Waals surface area contributed by atoms with E-state index in [1.165, 1.54) is 6.07 Å². The molecule has 1 aliphatic rings. The summed E-state index contributed by atoms with van der Waals surface area (Å²) in [6, 6.07) is 2.39. The first-order chi connectivity index (χ1) is 8.29. The second-order valence-corrected chi connectivity index (χ2v) is 6.69. The highest BCUT2D eigenvalue weighted by atomic mass is 35.5. The lowest BCUT2D eigenvalue weighted by molar-refractivity contribution is 0.112. The van der Waals surface area contributed by atoms with Gasteiger partial charge < -0.3 is 4.74 Å². The molecule has 0 aliphatic carbocycles. The molecular formula is C11H10ClFO4S. The molecule has 0 N–H and O–H groups in total. The van der Waals surface area contributed by atoms with Crippen LogP contribution in [0.4, 0.5) is 4.39 Å². The fraction of sp³-hybridized carbons (Fsp3) is 0.364. The third-order valence-corrected chi connectivity index (χ3v) is 4.82. The SMILES string of the molecule is CS(=O)(=O)C1(F)CCOc2cc(Cl)c(C=O)cc21. The lowest BCUT2D eigenvalue weighted by atomic mass is 10.0. The Kier molecular flexibility index (Phi) is 3.11. The number of ether oxygens (including phenoxy) is 1. The minimum Gasteiger partial charge on any atom is -0.493 e. The van der Waals surface area contributed by atoms with Gasteiger partial charge in [0.15, 0.2) is 16.1 Å². The predicted molar refractivity (Wildman–Crippen MR) is 64.6 cm³/mol. The molecule has 0 radical (unpaired) electrons. The van der Waals surface area contributed by atoms with Crippen LogP contribution in [0, 0.1) is 0 Å². The van der Waals surface area contributed by atoms with Gasteiger partial charge in [0.05, 0.1) is 11.6 Å². The van der Waals surface area contributed by atoms with Crippen molar-refractivity contribution in [2.24, 2.45) is 0 Å². The molecule has 1 aromatic rings. The number of halogens is 2. The van der Waals surface area contributed by atoms with Crippen molar-refractivity contribution in [3.63, 3.8) is 0 Å². The highest BCUT2D eigenvalue weighted by Crippen LogP contribution is 2.45. The maximum atomic E-state index is 14.7. The van der Waals surface area contributed by atoms with Gasteiger partial charge in [-0.2, -0.15) is 0 Å². The van der Waals surface area contributed by atoms with Crippen molar-refractivity contribution >= 4 is 27.7 Å². The highest BCUT2D eigenvalue weighted by Gasteiger charge is 2.47. The van der Waals surface area contributed by atoms with Gasteiger partial charge in [-0.1, -0.05) is 11.6 Å². The molecule has 0 amide bonds. The Balaban J connectivity index is 2.73. The van der Waals surface area contributed by atoms with Crippen LogP contribution < -0.4 is 4.74 Å². The van der Waals surface area contributed by atoms with Crippen LogP contribution in [0.3, 0.4) is 0 Å². The van der Waals surface area contributed by atoms with Crippen LogP contribution in [0.5, 0.6) is 5.75 Å². The van der Waals surface area contributed by atoms with Crippen LogP contribution >= 0.6 is 11.6 Å². The molecule has 0 aromatic heterocycles. The molecule has 0 saturated carbocycles. The maximum Gasteiger partial charge on any atom is 0.242 e. The third-order valence-electron chi connectivity index (χ3n) is 2.90. The normalized spacial score (nSPS) is 23.1. The standard InChI is InChI=1S/C11H10ClFO4S/c1-18(15,16)11(13)2-3-17-10-5-9(12)7(6-14)4-8(10)11/h4-6H,2-3H2,1H3. The number of fused-ring (bicyclic) bond motifs is 1. The number of sulfone groups is 1. The number of rotatable bonds is 2. The Hall–Kier alpha value is -1.14. The third kappa shape index (κ3) is 1.89. The largest absolute Gasteiger partial charge is 0.493 e.